The first-order valence-corrected chi connectivity index (χ1v) is 40.5. The van der Waals surface area contributed by atoms with Crippen LogP contribution in [0.4, 0.5) is 0 Å². The summed E-state index contributed by atoms with van der Waals surface area (Å²) in [5.41, 5.74) is 0. The normalized spacial score (nSPS) is 14.8. The van der Waals surface area contributed by atoms with Crippen molar-refractivity contribution in [3.8, 4) is 0 Å². The standard InChI is InChI=1S/C79H134O16P2/c1-4-7-10-13-16-19-22-25-27-28-29-30-31-32-33-34-35-36-37-38-39-40-41-42-43-44-46-49-50-53-56-59-62-65-77(82)89-68-74(80)69-91-96(85,86)92-70-75(81)71-93-97(87,88)94-73-76(95-79(84)67-64-61-58-55-52-47-24-21-18-15-12-9-6-3)72-90-78(83)66-63-60-57-54-51-48-45-26-23-20-17-14-11-8-5-2/h7-8,10-12,15-17,19-21,24-27,29-30,32-33,35-36,45,74-76,80-81H,4-6,9,13-14,18,22-23,28,31,34,37-44,46-73H2,1-3H3,(H,85,86)(H,87,88)/b10-7-,11-8-,15-12-,19-16-,20-17-,24-21-,27-25-,30-29-,33-32-,36-35-,45-26-. The molecule has 0 bridgehead atoms. The Labute approximate surface area is 588 Å². The number of aliphatic hydroxyl groups is 2. The molecule has 5 unspecified atom stereocenters. The third-order valence-corrected chi connectivity index (χ3v) is 17.2. The van der Waals surface area contributed by atoms with E-state index in [1.807, 2.05) is 0 Å². The first-order valence-electron chi connectivity index (χ1n) is 37.5. The van der Waals surface area contributed by atoms with E-state index in [1.165, 1.54) is 64.2 Å². The number of allylic oxidation sites excluding steroid dienone is 22. The van der Waals surface area contributed by atoms with Crippen LogP contribution in [0.5, 0.6) is 0 Å². The second-order valence-corrected chi connectivity index (χ2v) is 27.6. The molecule has 0 amide bonds. The van der Waals surface area contributed by atoms with E-state index >= 15 is 0 Å². The van der Waals surface area contributed by atoms with Crippen LogP contribution in [0.2, 0.25) is 0 Å². The molecule has 0 radical (unpaired) electrons. The van der Waals surface area contributed by atoms with Gasteiger partial charge in [0.1, 0.15) is 25.4 Å². The zero-order chi connectivity index (χ0) is 70.9. The van der Waals surface area contributed by atoms with E-state index in [9.17, 15) is 43.5 Å². The number of phosphoric acid groups is 2. The van der Waals surface area contributed by atoms with Crippen LogP contribution >= 0.6 is 15.6 Å². The number of hydrogen-bond donors (Lipinski definition) is 4. The molecule has 0 fully saturated rings. The minimum atomic E-state index is -4.93. The zero-order valence-electron chi connectivity index (χ0n) is 60.5. The molecule has 0 aliphatic carbocycles. The Morgan fingerprint density at radius 1 is 0.299 bits per heavy atom. The van der Waals surface area contributed by atoms with Crippen molar-refractivity contribution >= 4 is 33.6 Å². The molecule has 16 nitrogen and oxygen atoms in total. The number of aliphatic hydroxyl groups excluding tert-OH is 2. The average Bonchev–Trinajstić information content (AvgIpc) is 1.49. The molecule has 5 atom stereocenters. The lowest BCUT2D eigenvalue weighted by atomic mass is 10.0. The molecule has 4 N–H and O–H groups in total. The summed E-state index contributed by atoms with van der Waals surface area (Å²) >= 11 is 0. The quantitative estimate of drug-likeness (QED) is 0.0146. The van der Waals surface area contributed by atoms with Gasteiger partial charge in [-0.3, -0.25) is 32.5 Å². The highest BCUT2D eigenvalue weighted by Crippen LogP contribution is 2.45. The van der Waals surface area contributed by atoms with Crippen molar-refractivity contribution < 1.29 is 75.8 Å². The van der Waals surface area contributed by atoms with Crippen molar-refractivity contribution in [1.29, 1.82) is 0 Å². The topological polar surface area (TPSA) is 231 Å². The molecule has 0 spiro atoms. The molecule has 0 saturated heterocycles. The van der Waals surface area contributed by atoms with Crippen LogP contribution in [-0.2, 0) is 55.8 Å². The number of carbonyl (C=O) groups excluding carboxylic acids is 3. The van der Waals surface area contributed by atoms with Crippen LogP contribution in [-0.4, -0.2) is 95.9 Å². The van der Waals surface area contributed by atoms with Crippen LogP contribution in [0.1, 0.15) is 290 Å². The van der Waals surface area contributed by atoms with Crippen molar-refractivity contribution in [1.82, 2.24) is 0 Å². The van der Waals surface area contributed by atoms with Gasteiger partial charge < -0.3 is 34.2 Å². The van der Waals surface area contributed by atoms with Gasteiger partial charge in [0.05, 0.1) is 26.4 Å². The monoisotopic (exact) mass is 1400 g/mol. The molecule has 556 valence electrons. The summed E-state index contributed by atoms with van der Waals surface area (Å²) < 4.78 is 60.9. The molecule has 0 aromatic rings. The predicted molar refractivity (Wildman–Crippen MR) is 399 cm³/mol. The van der Waals surface area contributed by atoms with Crippen molar-refractivity contribution in [2.75, 3.05) is 39.6 Å². The highest BCUT2D eigenvalue weighted by molar-refractivity contribution is 7.47. The fourth-order valence-electron chi connectivity index (χ4n) is 9.69. The minimum absolute atomic E-state index is 0.0825. The van der Waals surface area contributed by atoms with Gasteiger partial charge in [-0.1, -0.05) is 276 Å². The lowest BCUT2D eigenvalue weighted by Gasteiger charge is -2.21. The van der Waals surface area contributed by atoms with Gasteiger partial charge in [0.15, 0.2) is 6.10 Å². The zero-order valence-corrected chi connectivity index (χ0v) is 62.2. The van der Waals surface area contributed by atoms with E-state index in [0.717, 1.165) is 167 Å². The Bertz CT molecular complexity index is 2300. The lowest BCUT2D eigenvalue weighted by Crippen LogP contribution is -2.30. The van der Waals surface area contributed by atoms with E-state index in [4.69, 9.17) is 32.3 Å². The molecule has 0 aliphatic rings. The lowest BCUT2D eigenvalue weighted by molar-refractivity contribution is -0.161. The van der Waals surface area contributed by atoms with Gasteiger partial charge in [-0.05, 0) is 128 Å². The number of carbonyl (C=O) groups is 3. The Balaban J connectivity index is 4.39. The molecule has 97 heavy (non-hydrogen) atoms. The first-order chi connectivity index (χ1) is 47.2. The smallest absolute Gasteiger partial charge is 0.463 e. The highest BCUT2D eigenvalue weighted by atomic mass is 31.2. The summed E-state index contributed by atoms with van der Waals surface area (Å²) in [6.07, 6.45) is 85.3. The van der Waals surface area contributed by atoms with Crippen LogP contribution in [0.25, 0.3) is 0 Å². The predicted octanol–water partition coefficient (Wildman–Crippen LogP) is 21.5. The molecule has 0 aromatic carbocycles. The second-order valence-electron chi connectivity index (χ2n) is 24.7. The van der Waals surface area contributed by atoms with Gasteiger partial charge in [0.2, 0.25) is 0 Å². The SMILES string of the molecule is CC/C=C\C/C=C\C/C=C\C/C=C\C/C=C\C/C=C\CCCCCCCCCCCCCCCCC(=O)OCC(O)COP(=O)(O)OCC(O)COP(=O)(O)OCC(COC(=O)CCCCCCC/C=C\C/C=C\C/C=C\CC)OC(=O)CCCCCCC/C=C\C/C=C\CCC. The highest BCUT2D eigenvalue weighted by Gasteiger charge is 2.29. The van der Waals surface area contributed by atoms with E-state index in [2.05, 4.69) is 154 Å². The largest absolute Gasteiger partial charge is 0.472 e. The van der Waals surface area contributed by atoms with E-state index < -0.39 is 91.5 Å². The number of esters is 3. The van der Waals surface area contributed by atoms with E-state index in [1.54, 1.807) is 0 Å². The Morgan fingerprint density at radius 3 is 0.866 bits per heavy atom. The first kappa shape index (κ1) is 92.7. The van der Waals surface area contributed by atoms with E-state index in [0.29, 0.717) is 19.3 Å². The molecule has 0 heterocycles. The number of ether oxygens (including phenoxy) is 3. The number of phosphoric ester groups is 2. The number of rotatable bonds is 70. The summed E-state index contributed by atoms with van der Waals surface area (Å²) in [6.45, 7) is 2.34. The molecular formula is C79H134O16P2. The maximum atomic E-state index is 12.9. The fraction of sp³-hybridized carbons (Fsp3) is 0.684. The second kappa shape index (κ2) is 71.5. The molecule has 0 rings (SSSR count). The Kier molecular flexibility index (Phi) is 68.3. The molecule has 0 saturated carbocycles. The molecular weight excluding hydrogens is 1270 g/mol. The summed E-state index contributed by atoms with van der Waals surface area (Å²) in [4.78, 5) is 58.4. The Hall–Kier alpha value is -4.31. The minimum Gasteiger partial charge on any atom is -0.463 e. The number of hydrogen-bond acceptors (Lipinski definition) is 14. The third-order valence-electron chi connectivity index (χ3n) is 15.3. The fourth-order valence-corrected chi connectivity index (χ4v) is 11.3. The average molecular weight is 1400 g/mol. The molecule has 0 aromatic heterocycles. The summed E-state index contributed by atoms with van der Waals surface area (Å²) in [5, 5.41) is 20.6. The van der Waals surface area contributed by atoms with Gasteiger partial charge in [0.25, 0.3) is 0 Å². The van der Waals surface area contributed by atoms with Crippen LogP contribution < -0.4 is 0 Å². The summed E-state index contributed by atoms with van der Waals surface area (Å²) in [7, 11) is -9.79. The molecule has 0 aliphatic heterocycles. The molecule has 18 heteroatoms. The van der Waals surface area contributed by atoms with Crippen molar-refractivity contribution in [3.63, 3.8) is 0 Å². The third kappa shape index (κ3) is 72.8. The maximum Gasteiger partial charge on any atom is 0.472 e. The van der Waals surface area contributed by atoms with E-state index in [-0.39, 0.29) is 19.3 Å². The van der Waals surface area contributed by atoms with Crippen molar-refractivity contribution in [3.05, 3.63) is 134 Å². The van der Waals surface area contributed by atoms with Gasteiger partial charge in [-0.2, -0.15) is 0 Å². The van der Waals surface area contributed by atoms with Gasteiger partial charge in [0, 0.05) is 19.3 Å². The van der Waals surface area contributed by atoms with Crippen LogP contribution in [0.15, 0.2) is 134 Å². The van der Waals surface area contributed by atoms with Gasteiger partial charge in [-0.25, -0.2) is 9.13 Å². The van der Waals surface area contributed by atoms with Crippen LogP contribution in [0, 0.1) is 0 Å². The van der Waals surface area contributed by atoms with Crippen molar-refractivity contribution in [2.24, 2.45) is 0 Å². The summed E-state index contributed by atoms with van der Waals surface area (Å²) in [5.74, 6) is -1.61. The van der Waals surface area contributed by atoms with Crippen molar-refractivity contribution in [2.45, 2.75) is 309 Å². The van der Waals surface area contributed by atoms with Crippen LogP contribution in [0.3, 0.4) is 0 Å². The maximum absolute atomic E-state index is 12.9. The number of unbranched alkanes of at least 4 members (excludes halogenated alkanes) is 25. The van der Waals surface area contributed by atoms with Gasteiger partial charge >= 0.3 is 33.6 Å². The van der Waals surface area contributed by atoms with Gasteiger partial charge in [-0.15, -0.1) is 0 Å². The summed E-state index contributed by atoms with van der Waals surface area (Å²) in [6, 6.07) is 0. The Morgan fingerprint density at radius 2 is 0.546 bits per heavy atom.